The Morgan fingerprint density at radius 3 is 2.41 bits per heavy atom. The lowest BCUT2D eigenvalue weighted by molar-refractivity contribution is -0.143. The first kappa shape index (κ1) is 19.7. The summed E-state index contributed by atoms with van der Waals surface area (Å²) in [4.78, 5) is 12.5. The maximum atomic E-state index is 12.5. The Morgan fingerprint density at radius 1 is 1.07 bits per heavy atom. The number of carbonyl (C=O) groups excluding carboxylic acids is 1. The molecule has 0 bridgehead atoms. The van der Waals surface area contributed by atoms with Gasteiger partial charge in [0, 0.05) is 17.5 Å². The Labute approximate surface area is 172 Å². The summed E-state index contributed by atoms with van der Waals surface area (Å²) in [5.41, 5.74) is 1.35. The Bertz CT molecular complexity index is 969. The SMILES string of the molecule is CC(C)(CCl)C(=O)Oc1cc(-c2ccccc2)nn1-c1ccc(Cl)c(Cl)c1. The molecule has 140 valence electrons. The van der Waals surface area contributed by atoms with Crippen LogP contribution in [-0.4, -0.2) is 21.6 Å². The Kier molecular flexibility index (Phi) is 5.80. The highest BCUT2D eigenvalue weighted by Gasteiger charge is 2.30. The molecule has 0 amide bonds. The average Bonchev–Trinajstić information content (AvgIpc) is 3.08. The zero-order chi connectivity index (χ0) is 19.6. The molecule has 0 aliphatic carbocycles. The molecule has 0 aliphatic heterocycles. The molecule has 0 spiro atoms. The quantitative estimate of drug-likeness (QED) is 0.372. The van der Waals surface area contributed by atoms with Crippen LogP contribution in [-0.2, 0) is 4.79 Å². The monoisotopic (exact) mass is 422 g/mol. The molecule has 0 unspecified atom stereocenters. The molecule has 2 aromatic carbocycles. The minimum atomic E-state index is -0.832. The van der Waals surface area contributed by atoms with E-state index in [1.54, 1.807) is 38.1 Å². The number of esters is 1. The first-order valence-electron chi connectivity index (χ1n) is 8.21. The van der Waals surface area contributed by atoms with E-state index in [9.17, 15) is 4.79 Å². The summed E-state index contributed by atoms with van der Waals surface area (Å²) < 4.78 is 7.15. The van der Waals surface area contributed by atoms with Crippen LogP contribution in [0.15, 0.2) is 54.6 Å². The average molecular weight is 424 g/mol. The summed E-state index contributed by atoms with van der Waals surface area (Å²) in [5.74, 6) is -0.0353. The van der Waals surface area contributed by atoms with Gasteiger partial charge < -0.3 is 4.74 Å². The van der Waals surface area contributed by atoms with Crippen LogP contribution < -0.4 is 4.74 Å². The zero-order valence-corrected chi connectivity index (χ0v) is 17.0. The van der Waals surface area contributed by atoms with Gasteiger partial charge in [-0.2, -0.15) is 9.78 Å². The van der Waals surface area contributed by atoms with Crippen LogP contribution in [0.25, 0.3) is 16.9 Å². The Hall–Kier alpha value is -2.01. The third kappa shape index (κ3) is 4.29. The van der Waals surface area contributed by atoms with Crippen molar-refractivity contribution in [1.29, 1.82) is 0 Å². The van der Waals surface area contributed by atoms with Gasteiger partial charge in [0.05, 0.1) is 26.8 Å². The topological polar surface area (TPSA) is 44.1 Å². The van der Waals surface area contributed by atoms with E-state index in [4.69, 9.17) is 39.5 Å². The van der Waals surface area contributed by atoms with Crippen molar-refractivity contribution in [2.24, 2.45) is 5.41 Å². The molecule has 4 nitrogen and oxygen atoms in total. The molecule has 0 atom stereocenters. The number of rotatable bonds is 5. The van der Waals surface area contributed by atoms with Crippen LogP contribution in [0.1, 0.15) is 13.8 Å². The predicted molar refractivity (Wildman–Crippen MR) is 109 cm³/mol. The van der Waals surface area contributed by atoms with Gasteiger partial charge in [-0.15, -0.1) is 11.6 Å². The van der Waals surface area contributed by atoms with Crippen molar-refractivity contribution in [1.82, 2.24) is 9.78 Å². The van der Waals surface area contributed by atoms with Gasteiger partial charge in [-0.1, -0.05) is 53.5 Å². The first-order valence-corrected chi connectivity index (χ1v) is 9.50. The van der Waals surface area contributed by atoms with Gasteiger partial charge in [0.2, 0.25) is 5.88 Å². The van der Waals surface area contributed by atoms with Crippen LogP contribution in [0.5, 0.6) is 5.88 Å². The Morgan fingerprint density at radius 2 is 1.78 bits per heavy atom. The lowest BCUT2D eigenvalue weighted by Gasteiger charge is -2.19. The molecular weight excluding hydrogens is 407 g/mol. The summed E-state index contributed by atoms with van der Waals surface area (Å²) in [6.07, 6.45) is 0. The van der Waals surface area contributed by atoms with Crippen molar-refractivity contribution in [2.75, 3.05) is 5.88 Å². The molecule has 0 radical (unpaired) electrons. The second kappa shape index (κ2) is 7.93. The molecule has 3 rings (SSSR count). The van der Waals surface area contributed by atoms with Gasteiger partial charge in [0.25, 0.3) is 0 Å². The maximum Gasteiger partial charge on any atom is 0.319 e. The summed E-state index contributed by atoms with van der Waals surface area (Å²) in [6, 6.07) is 16.4. The Balaban J connectivity index is 2.08. The highest BCUT2D eigenvalue weighted by Crippen LogP contribution is 2.31. The van der Waals surface area contributed by atoms with Gasteiger partial charge in [0.15, 0.2) is 0 Å². The van der Waals surface area contributed by atoms with Crippen LogP contribution >= 0.6 is 34.8 Å². The smallest absolute Gasteiger partial charge is 0.319 e. The minimum absolute atomic E-state index is 0.137. The van der Waals surface area contributed by atoms with Crippen molar-refractivity contribution >= 4 is 40.8 Å². The van der Waals surface area contributed by atoms with E-state index in [1.165, 1.54) is 4.68 Å². The fourth-order valence-electron chi connectivity index (χ4n) is 2.28. The van der Waals surface area contributed by atoms with Gasteiger partial charge in [-0.05, 0) is 32.0 Å². The number of halogens is 3. The van der Waals surface area contributed by atoms with Crippen molar-refractivity contribution in [3.63, 3.8) is 0 Å². The normalized spacial score (nSPS) is 11.4. The van der Waals surface area contributed by atoms with Crippen molar-refractivity contribution in [2.45, 2.75) is 13.8 Å². The lowest BCUT2D eigenvalue weighted by atomic mass is 9.97. The fourth-order valence-corrected chi connectivity index (χ4v) is 2.68. The molecule has 7 heteroatoms. The highest BCUT2D eigenvalue weighted by molar-refractivity contribution is 6.42. The number of aromatic nitrogens is 2. The van der Waals surface area contributed by atoms with Gasteiger partial charge in [0.1, 0.15) is 0 Å². The maximum absolute atomic E-state index is 12.5. The number of hydrogen-bond acceptors (Lipinski definition) is 3. The third-order valence-electron chi connectivity index (χ3n) is 3.98. The van der Waals surface area contributed by atoms with Crippen LogP contribution in [0.2, 0.25) is 10.0 Å². The van der Waals surface area contributed by atoms with E-state index in [0.717, 1.165) is 5.56 Å². The summed E-state index contributed by atoms with van der Waals surface area (Å²) in [5, 5.41) is 5.39. The minimum Gasteiger partial charge on any atom is -0.407 e. The molecule has 0 saturated heterocycles. The second-order valence-corrected chi connectivity index (χ2v) is 7.73. The van der Waals surface area contributed by atoms with Gasteiger partial charge >= 0.3 is 5.97 Å². The van der Waals surface area contributed by atoms with E-state index in [2.05, 4.69) is 5.10 Å². The fraction of sp³-hybridized carbons (Fsp3) is 0.200. The van der Waals surface area contributed by atoms with Crippen molar-refractivity contribution in [3.05, 3.63) is 64.6 Å². The van der Waals surface area contributed by atoms with Crippen molar-refractivity contribution in [3.8, 4) is 22.8 Å². The molecular formula is C20H17Cl3N2O2. The van der Waals surface area contributed by atoms with Crippen LogP contribution in [0, 0.1) is 5.41 Å². The standard InChI is InChI=1S/C20H17Cl3N2O2/c1-20(2,12-21)19(26)27-18-11-17(13-6-4-3-5-7-13)24-25(18)14-8-9-15(22)16(23)10-14/h3-11H,12H2,1-2H3. The number of alkyl halides is 1. The summed E-state index contributed by atoms with van der Waals surface area (Å²) in [7, 11) is 0. The molecule has 0 saturated carbocycles. The van der Waals surface area contributed by atoms with E-state index in [1.807, 2.05) is 30.3 Å². The lowest BCUT2D eigenvalue weighted by Crippen LogP contribution is -2.31. The number of benzene rings is 2. The van der Waals surface area contributed by atoms with E-state index >= 15 is 0 Å². The zero-order valence-electron chi connectivity index (χ0n) is 14.7. The van der Waals surface area contributed by atoms with E-state index in [0.29, 0.717) is 21.4 Å². The number of hydrogen-bond donors (Lipinski definition) is 0. The van der Waals surface area contributed by atoms with Gasteiger partial charge in [-0.3, -0.25) is 4.79 Å². The molecule has 3 aromatic rings. The highest BCUT2D eigenvalue weighted by atomic mass is 35.5. The third-order valence-corrected chi connectivity index (χ3v) is 5.39. The van der Waals surface area contributed by atoms with E-state index < -0.39 is 11.4 Å². The number of ether oxygens (including phenoxy) is 1. The first-order chi connectivity index (χ1) is 12.8. The second-order valence-electron chi connectivity index (χ2n) is 6.65. The van der Waals surface area contributed by atoms with Crippen LogP contribution in [0.3, 0.4) is 0 Å². The molecule has 1 aromatic heterocycles. The van der Waals surface area contributed by atoms with E-state index in [-0.39, 0.29) is 11.8 Å². The largest absolute Gasteiger partial charge is 0.407 e. The number of carbonyl (C=O) groups is 1. The summed E-state index contributed by atoms with van der Waals surface area (Å²) >= 11 is 18.0. The van der Waals surface area contributed by atoms with Crippen LogP contribution in [0.4, 0.5) is 0 Å². The van der Waals surface area contributed by atoms with Gasteiger partial charge in [-0.25, -0.2) is 0 Å². The molecule has 27 heavy (non-hydrogen) atoms. The molecule has 0 fully saturated rings. The summed E-state index contributed by atoms with van der Waals surface area (Å²) in [6.45, 7) is 3.45. The van der Waals surface area contributed by atoms with Crippen molar-refractivity contribution < 1.29 is 9.53 Å². The molecule has 1 heterocycles. The number of nitrogens with zero attached hydrogens (tertiary/aromatic N) is 2. The predicted octanol–water partition coefficient (Wildman–Crippen LogP) is 6.02. The molecule has 0 aliphatic rings. The molecule has 0 N–H and O–H groups in total.